The fourth-order valence-corrected chi connectivity index (χ4v) is 3.52. The second-order valence-electron chi connectivity index (χ2n) is 7.93. The lowest BCUT2D eigenvalue weighted by Crippen LogP contribution is -2.51. The maximum Gasteiger partial charge on any atom is 0.233 e. The average molecular weight is 443 g/mol. The molecular weight excluding hydrogens is 422 g/mol. The Morgan fingerprint density at radius 2 is 1.97 bits per heavy atom. The van der Waals surface area contributed by atoms with Crippen molar-refractivity contribution in [1.29, 1.82) is 5.26 Å². The number of likely N-dealkylation sites (N-methyl/N-ethyl adjacent to an activating group) is 1. The summed E-state index contributed by atoms with van der Waals surface area (Å²) < 4.78 is 13.6. The lowest BCUT2D eigenvalue weighted by Gasteiger charge is -2.35. The minimum absolute atomic E-state index is 0.149. The van der Waals surface area contributed by atoms with Crippen LogP contribution in [0.1, 0.15) is 11.3 Å². The topological polar surface area (TPSA) is 127 Å². The number of nitriles is 1. The van der Waals surface area contributed by atoms with E-state index >= 15 is 0 Å². The first-order valence-electron chi connectivity index (χ1n) is 10.3. The summed E-state index contributed by atoms with van der Waals surface area (Å²) in [6, 6.07) is 9.01. The van der Waals surface area contributed by atoms with E-state index in [1.807, 2.05) is 27.1 Å². The van der Waals surface area contributed by atoms with Crippen molar-refractivity contribution in [3.8, 4) is 23.6 Å². The molecule has 4 aromatic heterocycles. The highest BCUT2D eigenvalue weighted by Gasteiger charge is 2.25. The van der Waals surface area contributed by atoms with Gasteiger partial charge in [-0.3, -0.25) is 4.90 Å². The smallest absolute Gasteiger partial charge is 0.233 e. The highest BCUT2D eigenvalue weighted by atomic mass is 16.5. The zero-order valence-corrected chi connectivity index (χ0v) is 18.3. The first-order valence-corrected chi connectivity index (χ1v) is 10.3. The number of aryl methyl sites for hydroxylation is 2. The summed E-state index contributed by atoms with van der Waals surface area (Å²) in [5.41, 5.74) is 3.07. The zero-order valence-electron chi connectivity index (χ0n) is 18.3. The van der Waals surface area contributed by atoms with Crippen LogP contribution in [0.25, 0.3) is 11.2 Å². The summed E-state index contributed by atoms with van der Waals surface area (Å²) in [4.78, 5) is 15.3. The molecule has 0 aliphatic carbocycles. The number of nitrogens with zero attached hydrogens (tertiary/aromatic N) is 8. The predicted molar refractivity (Wildman–Crippen MR) is 119 cm³/mol. The van der Waals surface area contributed by atoms with E-state index in [4.69, 9.17) is 14.7 Å². The summed E-state index contributed by atoms with van der Waals surface area (Å²) >= 11 is 0. The van der Waals surface area contributed by atoms with Gasteiger partial charge in [0.15, 0.2) is 17.2 Å². The van der Waals surface area contributed by atoms with Crippen LogP contribution in [0.4, 0.5) is 11.5 Å². The molecule has 5 heterocycles. The minimum Gasteiger partial charge on any atom is -0.471 e. The highest BCUT2D eigenvalue weighted by Crippen LogP contribution is 2.31. The molecule has 0 bridgehead atoms. The van der Waals surface area contributed by atoms with Gasteiger partial charge in [0.2, 0.25) is 11.8 Å². The van der Waals surface area contributed by atoms with Gasteiger partial charge in [0.1, 0.15) is 23.4 Å². The van der Waals surface area contributed by atoms with Gasteiger partial charge in [-0.25, -0.2) is 9.97 Å². The third kappa shape index (κ3) is 4.24. The molecule has 0 saturated carbocycles. The highest BCUT2D eigenvalue weighted by molar-refractivity contribution is 5.88. The number of anilines is 2. The Kier molecular flexibility index (Phi) is 5.20. The molecule has 33 heavy (non-hydrogen) atoms. The van der Waals surface area contributed by atoms with Crippen LogP contribution in [-0.2, 0) is 7.05 Å². The molecule has 0 radical (unpaired) electrons. The fourth-order valence-electron chi connectivity index (χ4n) is 3.52. The predicted octanol–water partition coefficient (Wildman–Crippen LogP) is 2.56. The van der Waals surface area contributed by atoms with E-state index < -0.39 is 0 Å². The molecule has 4 aromatic rings. The first-order chi connectivity index (χ1) is 16.0. The standard InChI is InChI=1S/C22H21N9O2/c1-13-6-14(8-23)24-9-17(13)33-20-7-16(21-22(27-20)31(3)12-25-21)26-18-4-5-19(29-28-18)32-15-10-30(2)11-15/h4-7,9,12,15H,10-11H2,1-3H3,(H,26,27,28). The zero-order chi connectivity index (χ0) is 22.9. The van der Waals surface area contributed by atoms with Crippen molar-refractivity contribution < 1.29 is 9.47 Å². The SMILES string of the molecule is Cc1cc(C#N)ncc1Oc1cc(Nc2ccc(OC3CN(C)C3)nn2)c2ncn(C)c2n1. The number of hydrogen-bond acceptors (Lipinski definition) is 10. The molecule has 0 unspecified atom stereocenters. The van der Waals surface area contributed by atoms with Crippen LogP contribution in [0.15, 0.2) is 36.8 Å². The van der Waals surface area contributed by atoms with Crippen LogP contribution < -0.4 is 14.8 Å². The van der Waals surface area contributed by atoms with Gasteiger partial charge in [0.05, 0.1) is 18.2 Å². The van der Waals surface area contributed by atoms with E-state index in [2.05, 4.69) is 35.4 Å². The Morgan fingerprint density at radius 1 is 1.12 bits per heavy atom. The maximum atomic E-state index is 9.03. The van der Waals surface area contributed by atoms with Crippen LogP contribution >= 0.6 is 0 Å². The number of imidazole rings is 1. The Bertz CT molecular complexity index is 1360. The molecule has 0 spiro atoms. The quantitative estimate of drug-likeness (QED) is 0.475. The molecule has 1 N–H and O–H groups in total. The number of aromatic nitrogens is 6. The van der Waals surface area contributed by atoms with Crippen LogP contribution in [0.5, 0.6) is 17.5 Å². The van der Waals surface area contributed by atoms with Crippen molar-refractivity contribution in [2.75, 3.05) is 25.5 Å². The van der Waals surface area contributed by atoms with Crippen molar-refractivity contribution in [3.63, 3.8) is 0 Å². The molecule has 11 nitrogen and oxygen atoms in total. The Morgan fingerprint density at radius 3 is 2.67 bits per heavy atom. The maximum absolute atomic E-state index is 9.03. The molecule has 166 valence electrons. The summed E-state index contributed by atoms with van der Waals surface area (Å²) in [5, 5.41) is 20.7. The van der Waals surface area contributed by atoms with Crippen molar-refractivity contribution in [2.45, 2.75) is 13.0 Å². The van der Waals surface area contributed by atoms with Gasteiger partial charge in [-0.1, -0.05) is 0 Å². The molecule has 0 amide bonds. The number of likely N-dealkylation sites (tertiary alicyclic amines) is 1. The number of ether oxygens (including phenoxy) is 2. The molecule has 1 saturated heterocycles. The van der Waals surface area contributed by atoms with E-state index in [-0.39, 0.29) is 6.10 Å². The van der Waals surface area contributed by atoms with Crippen LogP contribution in [-0.4, -0.2) is 60.9 Å². The molecule has 1 fully saturated rings. The molecule has 5 rings (SSSR count). The minimum atomic E-state index is 0.149. The lowest BCUT2D eigenvalue weighted by atomic mass is 10.2. The van der Waals surface area contributed by atoms with E-state index in [9.17, 15) is 0 Å². The van der Waals surface area contributed by atoms with Crippen molar-refractivity contribution in [2.24, 2.45) is 7.05 Å². The molecule has 11 heteroatoms. The second kappa shape index (κ2) is 8.33. The summed E-state index contributed by atoms with van der Waals surface area (Å²) in [6.45, 7) is 3.61. The van der Waals surface area contributed by atoms with E-state index in [0.717, 1.165) is 18.7 Å². The fraction of sp³-hybridized carbons (Fsp3) is 0.273. The summed E-state index contributed by atoms with van der Waals surface area (Å²) in [5.74, 6) is 1.89. The van der Waals surface area contributed by atoms with Crippen molar-refractivity contribution >= 4 is 22.7 Å². The second-order valence-corrected chi connectivity index (χ2v) is 7.93. The van der Waals surface area contributed by atoms with E-state index in [0.29, 0.717) is 45.9 Å². The average Bonchev–Trinajstić information content (AvgIpc) is 3.16. The molecular formula is C22H21N9O2. The van der Waals surface area contributed by atoms with Gasteiger partial charge in [0.25, 0.3) is 0 Å². The Labute approximate surface area is 189 Å². The number of rotatable bonds is 6. The molecule has 0 aromatic carbocycles. The van der Waals surface area contributed by atoms with Crippen LogP contribution in [0.3, 0.4) is 0 Å². The number of pyridine rings is 2. The third-order valence-corrected chi connectivity index (χ3v) is 5.26. The summed E-state index contributed by atoms with van der Waals surface area (Å²) in [6.07, 6.45) is 3.34. The first kappa shape index (κ1) is 20.6. The van der Waals surface area contributed by atoms with Crippen LogP contribution in [0, 0.1) is 18.3 Å². The Balaban J connectivity index is 1.40. The number of fused-ring (bicyclic) bond motifs is 1. The molecule has 1 aliphatic rings. The van der Waals surface area contributed by atoms with E-state index in [1.54, 1.807) is 35.2 Å². The molecule has 1 aliphatic heterocycles. The largest absolute Gasteiger partial charge is 0.471 e. The molecule has 0 atom stereocenters. The number of nitrogens with one attached hydrogen (secondary N) is 1. The number of hydrogen-bond donors (Lipinski definition) is 1. The lowest BCUT2D eigenvalue weighted by molar-refractivity contribution is 0.0349. The van der Waals surface area contributed by atoms with E-state index in [1.165, 1.54) is 6.20 Å². The normalized spacial score (nSPS) is 14.0. The van der Waals surface area contributed by atoms with Gasteiger partial charge in [-0.15, -0.1) is 10.2 Å². The monoisotopic (exact) mass is 443 g/mol. The Hall–Kier alpha value is -4.30. The van der Waals surface area contributed by atoms with Gasteiger partial charge >= 0.3 is 0 Å². The van der Waals surface area contributed by atoms with Gasteiger partial charge < -0.3 is 19.4 Å². The summed E-state index contributed by atoms with van der Waals surface area (Å²) in [7, 11) is 3.90. The van der Waals surface area contributed by atoms with Gasteiger partial charge in [-0.2, -0.15) is 10.2 Å². The van der Waals surface area contributed by atoms with Crippen LogP contribution in [0.2, 0.25) is 0 Å². The van der Waals surface area contributed by atoms with Crippen molar-refractivity contribution in [1.82, 2.24) is 34.6 Å². The van der Waals surface area contributed by atoms with Gasteiger partial charge in [0, 0.05) is 32.3 Å². The third-order valence-electron chi connectivity index (χ3n) is 5.26. The van der Waals surface area contributed by atoms with Gasteiger partial charge in [-0.05, 0) is 31.7 Å². The van der Waals surface area contributed by atoms with Crippen molar-refractivity contribution in [3.05, 3.63) is 48.0 Å².